The van der Waals surface area contributed by atoms with Crippen LogP contribution in [-0.4, -0.2) is 16.2 Å². The van der Waals surface area contributed by atoms with Crippen molar-refractivity contribution in [3.63, 3.8) is 0 Å². The van der Waals surface area contributed by atoms with Crippen LogP contribution < -0.4 is 9.46 Å². The molecule has 3 rings (SSSR count). The minimum atomic E-state index is 0.485. The van der Waals surface area contributed by atoms with Gasteiger partial charge in [-0.15, -0.1) is 0 Å². The Morgan fingerprint density at radius 2 is 1.81 bits per heavy atom. The number of benzene rings is 1. The van der Waals surface area contributed by atoms with Crippen LogP contribution in [0.3, 0.4) is 0 Å². The molecule has 0 atom stereocenters. The standard InChI is InChI=1S/C21H20N4OS/c1-13-7-14(2)20(15(3)8-13)26-21-19(25-27-4)6-5-18(24-21)17-9-16(10-22)11-23-12-17/h5-9,11-12,25H,1-4H3. The smallest absolute Gasteiger partial charge is 0.244 e. The van der Waals surface area contributed by atoms with Gasteiger partial charge in [0.2, 0.25) is 5.88 Å². The Labute approximate surface area is 163 Å². The molecule has 0 aliphatic heterocycles. The molecule has 0 fully saturated rings. The zero-order valence-corrected chi connectivity index (χ0v) is 16.5. The number of aryl methyl sites for hydroxylation is 3. The van der Waals surface area contributed by atoms with Crippen LogP contribution in [0.4, 0.5) is 5.69 Å². The molecule has 5 nitrogen and oxygen atoms in total. The molecule has 2 heterocycles. The van der Waals surface area contributed by atoms with E-state index in [0.29, 0.717) is 17.1 Å². The number of nitrogens with one attached hydrogen (secondary N) is 1. The number of nitriles is 1. The van der Waals surface area contributed by atoms with E-state index >= 15 is 0 Å². The van der Waals surface area contributed by atoms with Crippen molar-refractivity contribution in [2.45, 2.75) is 20.8 Å². The summed E-state index contributed by atoms with van der Waals surface area (Å²) < 4.78 is 9.43. The summed E-state index contributed by atoms with van der Waals surface area (Å²) in [6.07, 6.45) is 5.17. The highest BCUT2D eigenvalue weighted by Crippen LogP contribution is 2.35. The third-order valence-electron chi connectivity index (χ3n) is 4.04. The van der Waals surface area contributed by atoms with Crippen LogP contribution in [0.5, 0.6) is 11.6 Å². The maximum atomic E-state index is 9.11. The topological polar surface area (TPSA) is 70.8 Å². The normalized spacial score (nSPS) is 10.3. The van der Waals surface area contributed by atoms with Crippen LogP contribution >= 0.6 is 11.9 Å². The number of pyridine rings is 2. The first-order chi connectivity index (χ1) is 13.0. The Morgan fingerprint density at radius 1 is 1.07 bits per heavy atom. The first-order valence-corrected chi connectivity index (χ1v) is 9.65. The summed E-state index contributed by atoms with van der Waals surface area (Å²) in [5.74, 6) is 1.29. The van der Waals surface area contributed by atoms with E-state index in [-0.39, 0.29) is 0 Å². The molecule has 0 aliphatic rings. The lowest BCUT2D eigenvalue weighted by atomic mass is 10.1. The van der Waals surface area contributed by atoms with Crippen molar-refractivity contribution in [3.05, 3.63) is 65.0 Å². The van der Waals surface area contributed by atoms with E-state index in [2.05, 4.69) is 39.8 Å². The Hall–Kier alpha value is -3.04. The van der Waals surface area contributed by atoms with Crippen molar-refractivity contribution in [1.82, 2.24) is 9.97 Å². The van der Waals surface area contributed by atoms with Gasteiger partial charge in [-0.3, -0.25) is 4.98 Å². The van der Waals surface area contributed by atoms with Crippen molar-refractivity contribution in [2.75, 3.05) is 11.0 Å². The second-order valence-electron chi connectivity index (χ2n) is 6.26. The summed E-state index contributed by atoms with van der Waals surface area (Å²) in [4.78, 5) is 8.81. The van der Waals surface area contributed by atoms with Gasteiger partial charge >= 0.3 is 0 Å². The molecular formula is C21H20N4OS. The van der Waals surface area contributed by atoms with Gasteiger partial charge in [0.15, 0.2) is 0 Å². The molecule has 2 aromatic heterocycles. The van der Waals surface area contributed by atoms with Gasteiger partial charge in [-0.1, -0.05) is 29.6 Å². The molecule has 1 aromatic carbocycles. The van der Waals surface area contributed by atoms with Crippen LogP contribution in [0.15, 0.2) is 42.7 Å². The van der Waals surface area contributed by atoms with Crippen molar-refractivity contribution < 1.29 is 4.74 Å². The molecule has 0 saturated heterocycles. The van der Waals surface area contributed by atoms with Gasteiger partial charge in [-0.05, 0) is 50.1 Å². The fraction of sp³-hybridized carbons (Fsp3) is 0.190. The molecule has 0 spiro atoms. The first kappa shape index (κ1) is 18.7. The lowest BCUT2D eigenvalue weighted by Crippen LogP contribution is -1.99. The van der Waals surface area contributed by atoms with Gasteiger partial charge in [-0.2, -0.15) is 5.26 Å². The van der Waals surface area contributed by atoms with E-state index < -0.39 is 0 Å². The quantitative estimate of drug-likeness (QED) is 0.599. The summed E-state index contributed by atoms with van der Waals surface area (Å²) >= 11 is 1.47. The Morgan fingerprint density at radius 3 is 2.48 bits per heavy atom. The summed E-state index contributed by atoms with van der Waals surface area (Å²) in [6.45, 7) is 6.13. The minimum absolute atomic E-state index is 0.485. The third-order valence-corrected chi connectivity index (χ3v) is 4.46. The fourth-order valence-electron chi connectivity index (χ4n) is 2.93. The SMILES string of the molecule is CSNc1ccc(-c2cncc(C#N)c2)nc1Oc1c(C)cc(C)cc1C. The molecule has 3 aromatic rings. The van der Waals surface area contributed by atoms with E-state index in [4.69, 9.17) is 10.00 Å². The highest BCUT2D eigenvalue weighted by atomic mass is 32.2. The summed E-state index contributed by atoms with van der Waals surface area (Å²) in [7, 11) is 0. The predicted molar refractivity (Wildman–Crippen MR) is 110 cm³/mol. The lowest BCUT2D eigenvalue weighted by Gasteiger charge is -2.16. The Bertz CT molecular complexity index is 1000. The summed E-state index contributed by atoms with van der Waals surface area (Å²) in [6, 6.07) is 11.9. The number of ether oxygens (including phenoxy) is 1. The van der Waals surface area contributed by atoms with Gasteiger partial charge in [0.05, 0.1) is 11.3 Å². The predicted octanol–water partition coefficient (Wildman–Crippen LogP) is 5.42. The van der Waals surface area contributed by atoms with E-state index in [1.807, 2.05) is 32.2 Å². The number of hydrogen-bond donors (Lipinski definition) is 1. The average molecular weight is 376 g/mol. The minimum Gasteiger partial charge on any atom is -0.436 e. The van der Waals surface area contributed by atoms with Crippen molar-refractivity contribution in [2.24, 2.45) is 0 Å². The van der Waals surface area contributed by atoms with Gasteiger partial charge < -0.3 is 9.46 Å². The van der Waals surface area contributed by atoms with Crippen LogP contribution in [0.25, 0.3) is 11.3 Å². The van der Waals surface area contributed by atoms with E-state index in [1.165, 1.54) is 23.7 Å². The van der Waals surface area contributed by atoms with E-state index in [9.17, 15) is 0 Å². The summed E-state index contributed by atoms with van der Waals surface area (Å²) in [5, 5.41) is 9.11. The average Bonchev–Trinajstić information content (AvgIpc) is 2.66. The zero-order chi connectivity index (χ0) is 19.4. The number of nitrogens with zero attached hydrogens (tertiary/aromatic N) is 3. The molecule has 0 radical (unpaired) electrons. The largest absolute Gasteiger partial charge is 0.436 e. The maximum absolute atomic E-state index is 9.11. The molecule has 27 heavy (non-hydrogen) atoms. The van der Waals surface area contributed by atoms with Crippen LogP contribution in [0.2, 0.25) is 0 Å². The zero-order valence-electron chi connectivity index (χ0n) is 15.7. The van der Waals surface area contributed by atoms with Crippen molar-refractivity contribution in [1.29, 1.82) is 5.26 Å². The number of hydrogen-bond acceptors (Lipinski definition) is 6. The van der Waals surface area contributed by atoms with E-state index in [1.54, 1.807) is 12.3 Å². The molecule has 0 bridgehead atoms. The van der Waals surface area contributed by atoms with Gasteiger partial charge in [0.25, 0.3) is 0 Å². The third kappa shape index (κ3) is 4.21. The molecule has 1 N–H and O–H groups in total. The molecule has 6 heteroatoms. The van der Waals surface area contributed by atoms with Crippen LogP contribution in [-0.2, 0) is 0 Å². The van der Waals surface area contributed by atoms with Gasteiger partial charge in [0.1, 0.15) is 17.5 Å². The molecule has 136 valence electrons. The number of rotatable bonds is 5. The molecule has 0 amide bonds. The summed E-state index contributed by atoms with van der Waals surface area (Å²) in [5.41, 5.74) is 6.06. The Kier molecular flexibility index (Phi) is 5.63. The molecular weight excluding hydrogens is 356 g/mol. The molecule has 0 unspecified atom stereocenters. The molecule has 0 saturated carbocycles. The number of anilines is 1. The van der Waals surface area contributed by atoms with Crippen LogP contribution in [0, 0.1) is 32.1 Å². The lowest BCUT2D eigenvalue weighted by molar-refractivity contribution is 0.459. The second-order valence-corrected chi connectivity index (χ2v) is 6.87. The van der Waals surface area contributed by atoms with Gasteiger partial charge in [0, 0.05) is 24.2 Å². The molecule has 0 aliphatic carbocycles. The highest BCUT2D eigenvalue weighted by Gasteiger charge is 2.13. The monoisotopic (exact) mass is 376 g/mol. The maximum Gasteiger partial charge on any atom is 0.244 e. The number of aromatic nitrogens is 2. The van der Waals surface area contributed by atoms with Crippen molar-refractivity contribution in [3.8, 4) is 29.0 Å². The Balaban J connectivity index is 2.06. The second kappa shape index (κ2) is 8.11. The first-order valence-electron chi connectivity index (χ1n) is 8.43. The van der Waals surface area contributed by atoms with Gasteiger partial charge in [-0.25, -0.2) is 4.98 Å². The van der Waals surface area contributed by atoms with Crippen LogP contribution in [0.1, 0.15) is 22.3 Å². The highest BCUT2D eigenvalue weighted by molar-refractivity contribution is 7.99. The van der Waals surface area contributed by atoms with E-state index in [0.717, 1.165) is 28.1 Å². The van der Waals surface area contributed by atoms with Crippen molar-refractivity contribution >= 4 is 17.6 Å². The fourth-order valence-corrected chi connectivity index (χ4v) is 3.31.